The van der Waals surface area contributed by atoms with E-state index in [0.717, 1.165) is 27.8 Å². The molecule has 0 spiro atoms. The zero-order valence-electron chi connectivity index (χ0n) is 15.9. The molecule has 1 aromatic heterocycles. The lowest BCUT2D eigenvalue weighted by Crippen LogP contribution is -2.41. The summed E-state index contributed by atoms with van der Waals surface area (Å²) in [5.74, 6) is 0.0653. The Morgan fingerprint density at radius 3 is 2.23 bits per heavy atom. The smallest absolute Gasteiger partial charge is 0.241 e. The van der Waals surface area contributed by atoms with E-state index in [9.17, 15) is 13.5 Å². The maximum Gasteiger partial charge on any atom is 0.241 e. The highest BCUT2D eigenvalue weighted by Crippen LogP contribution is 2.39. The predicted molar refractivity (Wildman–Crippen MR) is 100 cm³/mol. The summed E-state index contributed by atoms with van der Waals surface area (Å²) in [5.41, 5.74) is 4.31. The Morgan fingerprint density at radius 2 is 1.77 bits per heavy atom. The highest BCUT2D eigenvalue weighted by atomic mass is 32.2. The van der Waals surface area contributed by atoms with Crippen LogP contribution >= 0.6 is 0 Å². The second kappa shape index (κ2) is 6.79. The number of hydrogen-bond acceptors (Lipinski definition) is 4. The van der Waals surface area contributed by atoms with Gasteiger partial charge in [-0.1, -0.05) is 6.07 Å². The van der Waals surface area contributed by atoms with Crippen LogP contribution in [-0.4, -0.2) is 29.4 Å². The van der Waals surface area contributed by atoms with E-state index >= 15 is 0 Å². The van der Waals surface area contributed by atoms with Crippen LogP contribution in [0.2, 0.25) is 0 Å². The van der Waals surface area contributed by atoms with Crippen LogP contribution in [0.15, 0.2) is 23.4 Å². The molecule has 1 atom stereocenters. The molecule has 7 heteroatoms. The molecule has 26 heavy (non-hydrogen) atoms. The Morgan fingerprint density at radius 1 is 1.19 bits per heavy atom. The minimum Gasteiger partial charge on any atom is -0.393 e. The molecule has 3 rings (SSSR count). The molecule has 2 N–H and O–H groups in total. The van der Waals surface area contributed by atoms with Crippen LogP contribution in [0.3, 0.4) is 0 Å². The van der Waals surface area contributed by atoms with Crippen molar-refractivity contribution < 1.29 is 13.5 Å². The fourth-order valence-corrected chi connectivity index (χ4v) is 5.66. The molecular weight excluding hydrogens is 350 g/mol. The summed E-state index contributed by atoms with van der Waals surface area (Å²) in [4.78, 5) is 0.365. The number of rotatable bonds is 5. The van der Waals surface area contributed by atoms with Gasteiger partial charge in [-0.05, 0) is 68.7 Å². The van der Waals surface area contributed by atoms with Gasteiger partial charge in [0.05, 0.1) is 23.2 Å². The molecule has 2 aromatic rings. The van der Waals surface area contributed by atoms with Gasteiger partial charge in [-0.15, -0.1) is 0 Å². The molecule has 0 saturated heterocycles. The van der Waals surface area contributed by atoms with Gasteiger partial charge in [0.25, 0.3) is 0 Å². The Balaban J connectivity index is 2.01. The lowest BCUT2D eigenvalue weighted by molar-refractivity contribution is 0.0280. The number of hydrogen-bond donors (Lipinski definition) is 2. The average Bonchev–Trinajstić information content (AvgIpc) is 2.94. The first kappa shape index (κ1) is 19.1. The molecule has 6 nitrogen and oxygen atoms in total. The molecule has 1 saturated carbocycles. The molecule has 1 heterocycles. The fourth-order valence-electron chi connectivity index (χ4n) is 3.75. The minimum absolute atomic E-state index is 0.0653. The molecule has 1 aliphatic rings. The summed E-state index contributed by atoms with van der Waals surface area (Å²) in [5, 5.41) is 13.9. The molecule has 0 aliphatic heterocycles. The van der Waals surface area contributed by atoms with Crippen LogP contribution < -0.4 is 4.72 Å². The quantitative estimate of drug-likeness (QED) is 0.838. The van der Waals surface area contributed by atoms with E-state index in [-0.39, 0.29) is 12.0 Å². The van der Waals surface area contributed by atoms with Crippen LogP contribution in [0.5, 0.6) is 0 Å². The fraction of sp³-hybridized carbons (Fsp3) is 0.526. The maximum atomic E-state index is 13.3. The molecule has 1 aromatic carbocycles. The third-order valence-corrected chi connectivity index (χ3v) is 7.27. The van der Waals surface area contributed by atoms with Crippen molar-refractivity contribution in [3.8, 4) is 0 Å². The first-order chi connectivity index (χ1) is 12.1. The van der Waals surface area contributed by atoms with Crippen LogP contribution in [0.1, 0.15) is 46.7 Å². The van der Waals surface area contributed by atoms with Crippen molar-refractivity contribution in [2.75, 3.05) is 0 Å². The van der Waals surface area contributed by atoms with Gasteiger partial charge < -0.3 is 5.11 Å². The van der Waals surface area contributed by atoms with Crippen LogP contribution in [-0.2, 0) is 17.1 Å². The minimum atomic E-state index is -3.71. The summed E-state index contributed by atoms with van der Waals surface area (Å²) >= 11 is 0. The molecule has 1 aliphatic carbocycles. The van der Waals surface area contributed by atoms with Gasteiger partial charge in [0.1, 0.15) is 0 Å². The summed E-state index contributed by atoms with van der Waals surface area (Å²) in [6, 6.07) is 1.63. The molecule has 0 bridgehead atoms. The largest absolute Gasteiger partial charge is 0.393 e. The second-order valence-electron chi connectivity index (χ2n) is 7.52. The van der Waals surface area contributed by atoms with Crippen molar-refractivity contribution in [2.24, 2.45) is 13.0 Å². The van der Waals surface area contributed by atoms with Gasteiger partial charge in [-0.3, -0.25) is 4.68 Å². The molecule has 0 amide bonds. The van der Waals surface area contributed by atoms with E-state index in [1.807, 2.05) is 47.0 Å². The Labute approximate surface area is 155 Å². The van der Waals surface area contributed by atoms with Crippen molar-refractivity contribution in [3.63, 3.8) is 0 Å². The zero-order chi connectivity index (χ0) is 19.2. The van der Waals surface area contributed by atoms with Crippen molar-refractivity contribution >= 4 is 10.0 Å². The van der Waals surface area contributed by atoms with Gasteiger partial charge in [0, 0.05) is 18.8 Å². The standard InChI is InChI=1S/C19H27N3O3S/c1-11-6-12(2)14(4)19(13(11)3)26(24,25)21-18(15-7-17(23)8-15)16-9-20-22(5)10-16/h6,9-10,15,17-18,21,23H,7-8H2,1-5H3/t15?,17?,18-/m0/s1. The van der Waals surface area contributed by atoms with Gasteiger partial charge in [0.15, 0.2) is 0 Å². The number of sulfonamides is 1. The van der Waals surface area contributed by atoms with Crippen LogP contribution in [0.4, 0.5) is 0 Å². The zero-order valence-corrected chi connectivity index (χ0v) is 16.8. The molecule has 0 radical (unpaired) electrons. The second-order valence-corrected chi connectivity index (χ2v) is 9.17. The summed E-state index contributed by atoms with van der Waals surface area (Å²) < 4.78 is 31.2. The van der Waals surface area contributed by atoms with E-state index in [4.69, 9.17) is 0 Å². The monoisotopic (exact) mass is 377 g/mol. The van der Waals surface area contributed by atoms with Gasteiger partial charge in [-0.25, -0.2) is 13.1 Å². The molecule has 0 unspecified atom stereocenters. The maximum absolute atomic E-state index is 13.3. The molecular formula is C19H27N3O3S. The van der Waals surface area contributed by atoms with Crippen molar-refractivity contribution in [1.29, 1.82) is 0 Å². The van der Waals surface area contributed by atoms with Crippen molar-refractivity contribution in [1.82, 2.24) is 14.5 Å². The summed E-state index contributed by atoms with van der Waals surface area (Å²) in [6.45, 7) is 7.56. The van der Waals surface area contributed by atoms with Gasteiger partial charge >= 0.3 is 0 Å². The van der Waals surface area contributed by atoms with E-state index in [0.29, 0.717) is 17.7 Å². The number of aromatic nitrogens is 2. The Kier molecular flexibility index (Phi) is 4.98. The van der Waals surface area contributed by atoms with Crippen LogP contribution in [0.25, 0.3) is 0 Å². The molecule has 1 fully saturated rings. The van der Waals surface area contributed by atoms with E-state index in [1.165, 1.54) is 0 Å². The third-order valence-electron chi connectivity index (χ3n) is 5.55. The number of nitrogens with one attached hydrogen (secondary N) is 1. The number of aryl methyl sites for hydroxylation is 3. The predicted octanol–water partition coefficient (Wildman–Crippen LogP) is 2.44. The first-order valence-corrected chi connectivity index (χ1v) is 10.3. The average molecular weight is 378 g/mol. The Bertz CT molecular complexity index is 901. The number of benzene rings is 1. The SMILES string of the molecule is Cc1cc(C)c(C)c(S(=O)(=O)N[C@H](c2cnn(C)c2)C2CC(O)C2)c1C. The summed E-state index contributed by atoms with van der Waals surface area (Å²) in [7, 11) is -1.90. The highest BCUT2D eigenvalue weighted by molar-refractivity contribution is 7.89. The van der Waals surface area contributed by atoms with Crippen molar-refractivity contribution in [2.45, 2.75) is 57.6 Å². The van der Waals surface area contributed by atoms with E-state index in [1.54, 1.807) is 10.9 Å². The van der Waals surface area contributed by atoms with Gasteiger partial charge in [0.2, 0.25) is 10.0 Å². The Hall–Kier alpha value is -1.70. The highest BCUT2D eigenvalue weighted by Gasteiger charge is 2.38. The third kappa shape index (κ3) is 3.43. The summed E-state index contributed by atoms with van der Waals surface area (Å²) in [6.07, 6.45) is 4.35. The lowest BCUT2D eigenvalue weighted by Gasteiger charge is -2.37. The number of aliphatic hydroxyl groups excluding tert-OH is 1. The normalized spacial score (nSPS) is 21.5. The van der Waals surface area contributed by atoms with Gasteiger partial charge in [-0.2, -0.15) is 5.10 Å². The topological polar surface area (TPSA) is 84.2 Å². The van der Waals surface area contributed by atoms with Crippen molar-refractivity contribution in [3.05, 3.63) is 46.3 Å². The van der Waals surface area contributed by atoms with Crippen LogP contribution in [0, 0.1) is 33.6 Å². The van der Waals surface area contributed by atoms with E-state index in [2.05, 4.69) is 9.82 Å². The molecule has 142 valence electrons. The number of nitrogens with zero attached hydrogens (tertiary/aromatic N) is 2. The van der Waals surface area contributed by atoms with E-state index < -0.39 is 16.1 Å². The number of aliphatic hydroxyl groups is 1. The lowest BCUT2D eigenvalue weighted by atomic mass is 9.76. The first-order valence-electron chi connectivity index (χ1n) is 8.86.